The number of hydrogen-bond donors (Lipinski definition) is 3. The second-order valence-electron chi connectivity index (χ2n) is 7.98. The molecule has 5 rings (SSSR count). The molecular formula is C24H23ClN8O. The van der Waals surface area contributed by atoms with Crippen molar-refractivity contribution >= 4 is 40.5 Å². The van der Waals surface area contributed by atoms with Crippen LogP contribution in [0.15, 0.2) is 67.0 Å². The van der Waals surface area contributed by atoms with Crippen LogP contribution in [-0.2, 0) is 0 Å². The molecule has 10 heteroatoms. The predicted octanol–water partition coefficient (Wildman–Crippen LogP) is 3.32. The molecule has 0 atom stereocenters. The van der Waals surface area contributed by atoms with Crippen molar-refractivity contribution in [1.82, 2.24) is 19.5 Å². The number of carbonyl (C=O) groups excluding carboxylic acids is 1. The molecular weight excluding hydrogens is 452 g/mol. The van der Waals surface area contributed by atoms with E-state index >= 15 is 0 Å². The minimum atomic E-state index is -0.310. The molecule has 0 radical (unpaired) electrons. The number of guanidine groups is 1. The minimum Gasteiger partial charge on any atom is -0.370 e. The van der Waals surface area contributed by atoms with Crippen molar-refractivity contribution in [2.24, 2.45) is 5.73 Å². The molecule has 0 saturated carbocycles. The van der Waals surface area contributed by atoms with E-state index in [1.54, 1.807) is 29.0 Å². The van der Waals surface area contributed by atoms with Gasteiger partial charge >= 0.3 is 0 Å². The first-order valence-electron chi connectivity index (χ1n) is 10.8. The van der Waals surface area contributed by atoms with E-state index in [1.165, 1.54) is 0 Å². The van der Waals surface area contributed by atoms with Crippen LogP contribution < -0.4 is 16.0 Å². The van der Waals surface area contributed by atoms with E-state index in [9.17, 15) is 4.79 Å². The Balaban J connectivity index is 1.40. The molecule has 1 aliphatic rings. The molecule has 0 unspecified atom stereocenters. The SMILES string of the molecule is N=C(N)N1CCN(c2ccccc2NC(=O)c2ccn3ncc(-c4cccc(Cl)c4)c3n2)CC1. The normalized spacial score (nSPS) is 13.8. The van der Waals surface area contributed by atoms with E-state index in [2.05, 4.69) is 20.3 Å². The number of rotatable bonds is 4. The topological polar surface area (TPSA) is 116 Å². The van der Waals surface area contributed by atoms with E-state index in [1.807, 2.05) is 47.4 Å². The highest BCUT2D eigenvalue weighted by Crippen LogP contribution is 2.28. The summed E-state index contributed by atoms with van der Waals surface area (Å²) >= 11 is 6.15. The third-order valence-electron chi connectivity index (χ3n) is 5.85. The van der Waals surface area contributed by atoms with Gasteiger partial charge in [-0.15, -0.1) is 0 Å². The Hall–Kier alpha value is -4.11. The maximum absolute atomic E-state index is 13.2. The van der Waals surface area contributed by atoms with Crippen LogP contribution in [0.25, 0.3) is 16.8 Å². The molecule has 0 spiro atoms. The van der Waals surface area contributed by atoms with Crippen molar-refractivity contribution in [3.63, 3.8) is 0 Å². The lowest BCUT2D eigenvalue weighted by atomic mass is 10.1. The van der Waals surface area contributed by atoms with Gasteiger partial charge in [0.05, 0.1) is 17.6 Å². The van der Waals surface area contributed by atoms with Crippen LogP contribution in [0.4, 0.5) is 11.4 Å². The minimum absolute atomic E-state index is 0.0831. The molecule has 1 aliphatic heterocycles. The first-order valence-corrected chi connectivity index (χ1v) is 11.2. The Labute approximate surface area is 201 Å². The number of anilines is 2. The summed E-state index contributed by atoms with van der Waals surface area (Å²) < 4.78 is 1.63. The number of nitrogens with two attached hydrogens (primary N) is 1. The van der Waals surface area contributed by atoms with Gasteiger partial charge in [0.2, 0.25) is 0 Å². The van der Waals surface area contributed by atoms with Crippen LogP contribution in [0.2, 0.25) is 5.02 Å². The number of halogens is 1. The molecule has 1 saturated heterocycles. The van der Waals surface area contributed by atoms with Gasteiger partial charge in [-0.1, -0.05) is 35.9 Å². The van der Waals surface area contributed by atoms with Crippen molar-refractivity contribution in [3.05, 3.63) is 77.7 Å². The molecule has 9 nitrogen and oxygen atoms in total. The first-order chi connectivity index (χ1) is 16.5. The number of amides is 1. The third kappa shape index (κ3) is 4.25. The van der Waals surface area contributed by atoms with Crippen molar-refractivity contribution in [1.29, 1.82) is 5.41 Å². The Bertz CT molecular complexity index is 1380. The van der Waals surface area contributed by atoms with Gasteiger partial charge in [0.25, 0.3) is 5.91 Å². The molecule has 172 valence electrons. The Morgan fingerprint density at radius 2 is 1.85 bits per heavy atom. The summed E-state index contributed by atoms with van der Waals surface area (Å²) in [5.41, 5.74) is 9.76. The second-order valence-corrected chi connectivity index (χ2v) is 8.42. The summed E-state index contributed by atoms with van der Waals surface area (Å²) in [4.78, 5) is 21.8. The lowest BCUT2D eigenvalue weighted by Crippen LogP contribution is -2.51. The van der Waals surface area contributed by atoms with Crippen LogP contribution in [0, 0.1) is 5.41 Å². The van der Waals surface area contributed by atoms with Gasteiger partial charge in [0, 0.05) is 43.0 Å². The molecule has 4 aromatic rings. The van der Waals surface area contributed by atoms with Crippen molar-refractivity contribution in [2.45, 2.75) is 0 Å². The van der Waals surface area contributed by atoms with E-state index in [4.69, 9.17) is 22.7 Å². The summed E-state index contributed by atoms with van der Waals surface area (Å²) in [6, 6.07) is 16.8. The Morgan fingerprint density at radius 3 is 2.62 bits per heavy atom. The van der Waals surface area contributed by atoms with Crippen LogP contribution in [-0.4, -0.2) is 57.5 Å². The van der Waals surface area contributed by atoms with Gasteiger partial charge in [0.1, 0.15) is 5.69 Å². The smallest absolute Gasteiger partial charge is 0.274 e. The number of fused-ring (bicyclic) bond motifs is 1. The average Bonchev–Trinajstić information content (AvgIpc) is 3.28. The summed E-state index contributed by atoms with van der Waals surface area (Å²) in [7, 11) is 0. The number of hydrogen-bond acceptors (Lipinski definition) is 5. The Morgan fingerprint density at radius 1 is 1.06 bits per heavy atom. The van der Waals surface area contributed by atoms with E-state index in [0.29, 0.717) is 42.5 Å². The van der Waals surface area contributed by atoms with Crippen molar-refractivity contribution < 1.29 is 4.79 Å². The molecule has 0 bridgehead atoms. The fourth-order valence-corrected chi connectivity index (χ4v) is 4.27. The second kappa shape index (κ2) is 9.03. The number of nitrogens with one attached hydrogen (secondary N) is 2. The zero-order valence-electron chi connectivity index (χ0n) is 18.3. The largest absolute Gasteiger partial charge is 0.370 e. The van der Waals surface area contributed by atoms with Crippen LogP contribution in [0.5, 0.6) is 0 Å². The zero-order valence-corrected chi connectivity index (χ0v) is 19.0. The number of carbonyl (C=O) groups is 1. The standard InChI is InChI=1S/C24H23ClN8O/c25-17-5-3-4-16(14-17)18-15-28-33-9-8-20(29-22(18)33)23(34)30-19-6-1-2-7-21(19)31-10-12-32(13-11-31)24(26)27/h1-9,14-15H,10-13H2,(H3,26,27)(H,30,34). The summed E-state index contributed by atoms with van der Waals surface area (Å²) in [6.07, 6.45) is 3.43. The molecule has 2 aromatic carbocycles. The fraction of sp³-hybridized carbons (Fsp3) is 0.167. The summed E-state index contributed by atoms with van der Waals surface area (Å²) in [5.74, 6) is -0.227. The monoisotopic (exact) mass is 474 g/mol. The van der Waals surface area contributed by atoms with Gasteiger partial charge in [-0.05, 0) is 35.9 Å². The highest BCUT2D eigenvalue weighted by Gasteiger charge is 2.21. The lowest BCUT2D eigenvalue weighted by molar-refractivity contribution is 0.102. The van der Waals surface area contributed by atoms with E-state index in [-0.39, 0.29) is 17.6 Å². The van der Waals surface area contributed by atoms with E-state index < -0.39 is 0 Å². The maximum Gasteiger partial charge on any atom is 0.274 e. The molecule has 1 amide bonds. The molecule has 1 fully saturated rings. The van der Waals surface area contributed by atoms with Crippen LogP contribution >= 0.6 is 11.6 Å². The van der Waals surface area contributed by atoms with Crippen molar-refractivity contribution in [3.8, 4) is 11.1 Å². The first kappa shape index (κ1) is 21.7. The molecule has 0 aliphatic carbocycles. The van der Waals surface area contributed by atoms with Gasteiger partial charge in [-0.25, -0.2) is 9.50 Å². The molecule has 2 aromatic heterocycles. The fourth-order valence-electron chi connectivity index (χ4n) is 4.08. The van der Waals surface area contributed by atoms with Gasteiger partial charge in [0.15, 0.2) is 11.6 Å². The number of aromatic nitrogens is 3. The van der Waals surface area contributed by atoms with Gasteiger partial charge in [-0.2, -0.15) is 5.10 Å². The lowest BCUT2D eigenvalue weighted by Gasteiger charge is -2.37. The maximum atomic E-state index is 13.2. The number of piperazine rings is 1. The molecule has 3 heterocycles. The number of nitrogens with zero attached hydrogens (tertiary/aromatic N) is 5. The molecule has 34 heavy (non-hydrogen) atoms. The quantitative estimate of drug-likeness (QED) is 0.308. The third-order valence-corrected chi connectivity index (χ3v) is 6.09. The van der Waals surface area contributed by atoms with Crippen molar-refractivity contribution in [2.75, 3.05) is 36.4 Å². The number of benzene rings is 2. The number of para-hydroxylation sites is 2. The van der Waals surface area contributed by atoms with E-state index in [0.717, 1.165) is 16.8 Å². The summed E-state index contributed by atoms with van der Waals surface area (Å²) in [6.45, 7) is 2.72. The summed E-state index contributed by atoms with van der Waals surface area (Å²) in [5, 5.41) is 15.6. The predicted molar refractivity (Wildman–Crippen MR) is 134 cm³/mol. The Kier molecular flexibility index (Phi) is 5.77. The van der Waals surface area contributed by atoms with Gasteiger partial charge < -0.3 is 20.9 Å². The average molecular weight is 475 g/mol. The van der Waals surface area contributed by atoms with Crippen LogP contribution in [0.1, 0.15) is 10.5 Å². The highest BCUT2D eigenvalue weighted by atomic mass is 35.5. The molecule has 4 N–H and O–H groups in total. The highest BCUT2D eigenvalue weighted by molar-refractivity contribution is 6.30. The van der Waals surface area contributed by atoms with Gasteiger partial charge in [-0.3, -0.25) is 10.2 Å². The van der Waals surface area contributed by atoms with Crippen LogP contribution in [0.3, 0.4) is 0 Å². The zero-order chi connectivity index (χ0) is 23.7.